The lowest BCUT2D eigenvalue weighted by Crippen LogP contribution is -2.22. The molecular formula is C8H8INO4S. The lowest BCUT2D eigenvalue weighted by molar-refractivity contribution is -0.134. The first kappa shape index (κ1) is 12.2. The number of anilines is 1. The van der Waals surface area contributed by atoms with Crippen LogP contribution in [0.3, 0.4) is 0 Å². The molecule has 1 rings (SSSR count). The highest BCUT2D eigenvalue weighted by molar-refractivity contribution is 14.1. The van der Waals surface area contributed by atoms with E-state index in [1.807, 2.05) is 22.6 Å². The molecule has 0 aliphatic rings. The molecule has 0 radical (unpaired) electrons. The number of rotatable bonds is 4. The Hall–Kier alpha value is -0.830. The molecule has 0 saturated carbocycles. The molecule has 0 spiro atoms. The zero-order valence-electron chi connectivity index (χ0n) is 7.47. The fourth-order valence-electron chi connectivity index (χ4n) is 0.910. The molecule has 7 heteroatoms. The Morgan fingerprint density at radius 1 is 1.40 bits per heavy atom. The van der Waals surface area contributed by atoms with Crippen molar-refractivity contribution in [2.24, 2.45) is 0 Å². The number of para-hydroxylation sites is 1. The van der Waals surface area contributed by atoms with Crippen molar-refractivity contribution in [3.05, 3.63) is 27.8 Å². The first-order valence-corrected chi connectivity index (χ1v) is 6.60. The standard InChI is InChI=1S/C8H8INO4S/c9-6-3-1-2-4-7(6)10-15(13,14)5-8(11)12/h1-4,10H,5H2,(H,11,12). The van der Waals surface area contributed by atoms with E-state index in [4.69, 9.17) is 5.11 Å². The van der Waals surface area contributed by atoms with Crippen LogP contribution in [0.1, 0.15) is 0 Å². The SMILES string of the molecule is O=C(O)CS(=O)(=O)Nc1ccccc1I. The highest BCUT2D eigenvalue weighted by Gasteiger charge is 2.16. The first-order chi connectivity index (χ1) is 6.91. The van der Waals surface area contributed by atoms with Crippen LogP contribution in [0, 0.1) is 3.57 Å². The van der Waals surface area contributed by atoms with Crippen LogP contribution < -0.4 is 4.72 Å². The average Bonchev–Trinajstić information content (AvgIpc) is 2.06. The van der Waals surface area contributed by atoms with E-state index in [9.17, 15) is 13.2 Å². The lowest BCUT2D eigenvalue weighted by atomic mass is 10.3. The molecule has 2 N–H and O–H groups in total. The van der Waals surface area contributed by atoms with Crippen LogP contribution in [-0.2, 0) is 14.8 Å². The Kier molecular flexibility index (Phi) is 3.91. The second kappa shape index (κ2) is 4.79. The van der Waals surface area contributed by atoms with E-state index in [1.165, 1.54) is 0 Å². The third kappa shape index (κ3) is 4.04. The van der Waals surface area contributed by atoms with Crippen LogP contribution in [0.15, 0.2) is 24.3 Å². The highest BCUT2D eigenvalue weighted by atomic mass is 127. The summed E-state index contributed by atoms with van der Waals surface area (Å²) < 4.78 is 25.4. The predicted octanol–water partition coefficient (Wildman–Crippen LogP) is 1.12. The second-order valence-electron chi connectivity index (χ2n) is 2.73. The summed E-state index contributed by atoms with van der Waals surface area (Å²) in [5, 5.41) is 8.38. The molecule has 0 bridgehead atoms. The molecule has 0 heterocycles. The third-order valence-corrected chi connectivity index (χ3v) is 3.55. The smallest absolute Gasteiger partial charge is 0.320 e. The van der Waals surface area contributed by atoms with Gasteiger partial charge in [0.1, 0.15) is 0 Å². The number of nitrogens with one attached hydrogen (secondary N) is 1. The minimum absolute atomic E-state index is 0.388. The maximum Gasteiger partial charge on any atom is 0.320 e. The fraction of sp³-hybridized carbons (Fsp3) is 0.125. The maximum atomic E-state index is 11.3. The molecule has 0 aromatic heterocycles. The van der Waals surface area contributed by atoms with Gasteiger partial charge in [-0.3, -0.25) is 9.52 Å². The van der Waals surface area contributed by atoms with E-state index in [-0.39, 0.29) is 0 Å². The van der Waals surface area contributed by atoms with Gasteiger partial charge < -0.3 is 5.11 Å². The lowest BCUT2D eigenvalue weighted by Gasteiger charge is -2.07. The highest BCUT2D eigenvalue weighted by Crippen LogP contribution is 2.18. The maximum absolute atomic E-state index is 11.3. The molecule has 15 heavy (non-hydrogen) atoms. The summed E-state index contributed by atoms with van der Waals surface area (Å²) in [5.41, 5.74) is 0.388. The van der Waals surface area contributed by atoms with Gasteiger partial charge in [-0.2, -0.15) is 0 Å². The minimum atomic E-state index is -3.81. The van der Waals surface area contributed by atoms with Crippen LogP contribution in [0.25, 0.3) is 0 Å². The van der Waals surface area contributed by atoms with Gasteiger partial charge in [0.05, 0.1) is 5.69 Å². The summed E-state index contributed by atoms with van der Waals surface area (Å²) in [4.78, 5) is 10.3. The van der Waals surface area contributed by atoms with Crippen molar-refractivity contribution in [3.8, 4) is 0 Å². The van der Waals surface area contributed by atoms with Gasteiger partial charge >= 0.3 is 5.97 Å². The van der Waals surface area contributed by atoms with Crippen molar-refractivity contribution in [2.75, 3.05) is 10.5 Å². The molecule has 82 valence electrons. The van der Waals surface area contributed by atoms with Crippen molar-refractivity contribution in [3.63, 3.8) is 0 Å². The van der Waals surface area contributed by atoms with Gasteiger partial charge in [0, 0.05) is 3.57 Å². The molecule has 5 nitrogen and oxygen atoms in total. The predicted molar refractivity (Wildman–Crippen MR) is 64.2 cm³/mol. The van der Waals surface area contributed by atoms with Crippen LogP contribution in [0.5, 0.6) is 0 Å². The summed E-state index contributed by atoms with van der Waals surface area (Å²) in [5.74, 6) is -2.31. The number of benzene rings is 1. The Bertz CT molecular complexity index is 471. The van der Waals surface area contributed by atoms with Crippen molar-refractivity contribution in [2.45, 2.75) is 0 Å². The van der Waals surface area contributed by atoms with Crippen molar-refractivity contribution >= 4 is 44.3 Å². The first-order valence-electron chi connectivity index (χ1n) is 3.87. The van der Waals surface area contributed by atoms with Gasteiger partial charge in [-0.15, -0.1) is 0 Å². The van der Waals surface area contributed by atoms with Crippen molar-refractivity contribution in [1.29, 1.82) is 0 Å². The summed E-state index contributed by atoms with van der Waals surface area (Å²) in [6.45, 7) is 0. The average molecular weight is 341 g/mol. The van der Waals surface area contributed by atoms with Gasteiger partial charge in [-0.25, -0.2) is 8.42 Å². The zero-order chi connectivity index (χ0) is 11.5. The van der Waals surface area contributed by atoms with Crippen molar-refractivity contribution < 1.29 is 18.3 Å². The van der Waals surface area contributed by atoms with E-state index in [2.05, 4.69) is 4.72 Å². The number of hydrogen-bond donors (Lipinski definition) is 2. The minimum Gasteiger partial charge on any atom is -0.480 e. The number of carboxylic acid groups (broad SMARTS) is 1. The molecular weight excluding hydrogens is 333 g/mol. The summed E-state index contributed by atoms with van der Waals surface area (Å²) in [6.07, 6.45) is 0. The number of aliphatic carboxylic acids is 1. The van der Waals surface area contributed by atoms with E-state index in [0.717, 1.165) is 0 Å². The zero-order valence-corrected chi connectivity index (χ0v) is 10.4. The largest absolute Gasteiger partial charge is 0.480 e. The normalized spacial score (nSPS) is 11.0. The second-order valence-corrected chi connectivity index (χ2v) is 5.62. The fourth-order valence-corrected chi connectivity index (χ4v) is 2.53. The van der Waals surface area contributed by atoms with E-state index in [1.54, 1.807) is 24.3 Å². The van der Waals surface area contributed by atoms with E-state index in [0.29, 0.717) is 9.26 Å². The molecule has 0 amide bonds. The Balaban J connectivity index is 2.87. The number of hydrogen-bond acceptors (Lipinski definition) is 3. The van der Waals surface area contributed by atoms with Gasteiger partial charge in [0.2, 0.25) is 10.0 Å². The third-order valence-electron chi connectivity index (χ3n) is 1.45. The number of halogens is 1. The van der Waals surface area contributed by atoms with Gasteiger partial charge in [0.25, 0.3) is 0 Å². The quantitative estimate of drug-likeness (QED) is 0.804. The van der Waals surface area contributed by atoms with Crippen molar-refractivity contribution in [1.82, 2.24) is 0 Å². The summed E-state index contributed by atoms with van der Waals surface area (Å²) >= 11 is 1.96. The summed E-state index contributed by atoms with van der Waals surface area (Å²) in [7, 11) is -3.81. The van der Waals surface area contributed by atoms with Crippen LogP contribution in [-0.4, -0.2) is 25.2 Å². The Morgan fingerprint density at radius 3 is 2.53 bits per heavy atom. The number of carbonyl (C=O) groups is 1. The van der Waals surface area contributed by atoms with E-state index < -0.39 is 21.7 Å². The summed E-state index contributed by atoms with van der Waals surface area (Å²) in [6, 6.07) is 6.72. The molecule has 0 aliphatic carbocycles. The van der Waals surface area contributed by atoms with Gasteiger partial charge in [-0.05, 0) is 34.7 Å². The molecule has 0 aliphatic heterocycles. The van der Waals surface area contributed by atoms with Crippen LogP contribution >= 0.6 is 22.6 Å². The molecule has 0 saturated heterocycles. The van der Waals surface area contributed by atoms with Gasteiger partial charge in [0.15, 0.2) is 5.75 Å². The number of carboxylic acids is 1. The monoisotopic (exact) mass is 341 g/mol. The van der Waals surface area contributed by atoms with Crippen LogP contribution in [0.4, 0.5) is 5.69 Å². The topological polar surface area (TPSA) is 83.5 Å². The molecule has 0 unspecified atom stereocenters. The van der Waals surface area contributed by atoms with Crippen LogP contribution in [0.2, 0.25) is 0 Å². The number of sulfonamides is 1. The molecule has 0 fully saturated rings. The van der Waals surface area contributed by atoms with Gasteiger partial charge in [-0.1, -0.05) is 12.1 Å². The molecule has 0 atom stereocenters. The molecule has 1 aromatic rings. The van der Waals surface area contributed by atoms with E-state index >= 15 is 0 Å². The Labute approximate surface area is 101 Å². The molecule has 1 aromatic carbocycles. The Morgan fingerprint density at radius 2 is 2.00 bits per heavy atom.